The molecule has 0 radical (unpaired) electrons. The van der Waals surface area contributed by atoms with Crippen molar-refractivity contribution in [1.29, 1.82) is 5.26 Å². The SMILES string of the molecule is COCOc1c(OC)c(C)cc2c1[C@@H]1C3[C@@H]4SCC(N(C)C)C(=O)OC[C@@H](c5c6c(c(C)c(OC(C)=O)c54)OCO6)N3[C@@H](C#N)[C@H](C2)N1C. The highest BCUT2D eigenvalue weighted by Crippen LogP contribution is 2.64. The van der Waals surface area contributed by atoms with Gasteiger partial charge in [0.15, 0.2) is 29.8 Å². The van der Waals surface area contributed by atoms with Gasteiger partial charge in [0.25, 0.3) is 0 Å². The average molecular weight is 695 g/mol. The number of thioether (sulfide) groups is 1. The van der Waals surface area contributed by atoms with Crippen LogP contribution < -0.4 is 23.7 Å². The number of nitrogens with zero attached hydrogens (tertiary/aromatic N) is 4. The van der Waals surface area contributed by atoms with E-state index in [9.17, 15) is 14.9 Å². The van der Waals surface area contributed by atoms with Gasteiger partial charge < -0.3 is 33.2 Å². The minimum atomic E-state index is -0.618. The fourth-order valence-corrected chi connectivity index (χ4v) is 10.3. The molecule has 4 bridgehead atoms. The predicted octanol–water partition coefficient (Wildman–Crippen LogP) is 3.44. The molecule has 14 heteroatoms. The monoisotopic (exact) mass is 694 g/mol. The molecule has 49 heavy (non-hydrogen) atoms. The topological polar surface area (TPSA) is 132 Å². The van der Waals surface area contributed by atoms with Gasteiger partial charge >= 0.3 is 11.9 Å². The van der Waals surface area contributed by atoms with Crippen molar-refractivity contribution in [2.75, 3.05) is 61.3 Å². The van der Waals surface area contributed by atoms with Crippen molar-refractivity contribution in [2.24, 2.45) is 0 Å². The van der Waals surface area contributed by atoms with Gasteiger partial charge in [0, 0.05) is 54.1 Å². The van der Waals surface area contributed by atoms with Crippen LogP contribution in [0.3, 0.4) is 0 Å². The lowest BCUT2D eigenvalue weighted by molar-refractivity contribution is -0.154. The molecule has 2 unspecified atom stereocenters. The maximum Gasteiger partial charge on any atom is 0.324 e. The summed E-state index contributed by atoms with van der Waals surface area (Å²) in [6, 6.07) is 2.18. The number of methoxy groups -OCH3 is 2. The Bertz CT molecular complexity index is 1740. The van der Waals surface area contributed by atoms with Crippen LogP contribution in [0.1, 0.15) is 57.6 Å². The first-order valence-corrected chi connectivity index (χ1v) is 17.4. The zero-order chi connectivity index (χ0) is 34.9. The Morgan fingerprint density at radius 1 is 1.10 bits per heavy atom. The number of nitriles is 1. The lowest BCUT2D eigenvalue weighted by atomic mass is 9.71. The van der Waals surface area contributed by atoms with Crippen LogP contribution in [0.2, 0.25) is 0 Å². The highest BCUT2D eigenvalue weighted by Gasteiger charge is 2.61. The third-order valence-electron chi connectivity index (χ3n) is 10.6. The summed E-state index contributed by atoms with van der Waals surface area (Å²) < 4.78 is 42.1. The Balaban J connectivity index is 1.55. The molecular formula is C35H42N4O9S. The highest BCUT2D eigenvalue weighted by atomic mass is 32.2. The number of rotatable bonds is 6. The number of esters is 2. The first-order valence-electron chi connectivity index (χ1n) is 16.3. The van der Waals surface area contributed by atoms with E-state index in [0.29, 0.717) is 46.5 Å². The van der Waals surface area contributed by atoms with Gasteiger partial charge in [0.2, 0.25) is 6.79 Å². The Morgan fingerprint density at radius 3 is 2.53 bits per heavy atom. The van der Waals surface area contributed by atoms with Crippen LogP contribution in [0.4, 0.5) is 0 Å². The van der Waals surface area contributed by atoms with Gasteiger partial charge in [-0.05, 0) is 52.5 Å². The van der Waals surface area contributed by atoms with E-state index in [2.05, 4.69) is 29.0 Å². The minimum Gasteiger partial charge on any atom is -0.493 e. The van der Waals surface area contributed by atoms with Crippen molar-refractivity contribution in [1.82, 2.24) is 14.7 Å². The molecule has 7 rings (SSSR count). The van der Waals surface area contributed by atoms with Gasteiger partial charge in [-0.25, -0.2) is 0 Å². The van der Waals surface area contributed by atoms with Gasteiger partial charge in [-0.3, -0.25) is 24.3 Å². The Morgan fingerprint density at radius 2 is 1.86 bits per heavy atom. The van der Waals surface area contributed by atoms with E-state index >= 15 is 0 Å². The van der Waals surface area contributed by atoms with Crippen LogP contribution >= 0.6 is 11.8 Å². The Hall–Kier alpha value is -3.74. The maximum atomic E-state index is 13.6. The molecule has 7 atom stereocenters. The third-order valence-corrected chi connectivity index (χ3v) is 11.9. The molecule has 5 aliphatic heterocycles. The fourth-order valence-electron chi connectivity index (χ4n) is 8.56. The number of fused-ring (bicyclic) bond motifs is 9. The van der Waals surface area contributed by atoms with Gasteiger partial charge in [-0.2, -0.15) is 5.26 Å². The number of ether oxygens (including phenoxy) is 7. The van der Waals surface area contributed by atoms with Crippen LogP contribution in [0, 0.1) is 25.2 Å². The predicted molar refractivity (Wildman–Crippen MR) is 178 cm³/mol. The lowest BCUT2D eigenvalue weighted by Crippen LogP contribution is -2.69. The Kier molecular flexibility index (Phi) is 8.85. The number of cyclic esters (lactones) is 1. The normalized spacial score (nSPS) is 28.6. The Labute approximate surface area is 290 Å². The zero-order valence-corrected chi connectivity index (χ0v) is 29.8. The summed E-state index contributed by atoms with van der Waals surface area (Å²) >= 11 is 1.59. The van der Waals surface area contributed by atoms with Crippen LogP contribution in [0.25, 0.3) is 0 Å². The van der Waals surface area contributed by atoms with Crippen molar-refractivity contribution < 1.29 is 42.7 Å². The van der Waals surface area contributed by atoms with Gasteiger partial charge in [0.1, 0.15) is 24.4 Å². The molecule has 5 aliphatic rings. The first-order chi connectivity index (χ1) is 23.5. The van der Waals surface area contributed by atoms with E-state index in [1.54, 1.807) is 26.0 Å². The molecule has 0 spiro atoms. The summed E-state index contributed by atoms with van der Waals surface area (Å²) in [5.41, 5.74) is 5.13. The molecule has 0 amide bonds. The second kappa shape index (κ2) is 12.9. The molecule has 0 aromatic heterocycles. The number of hydrogen-bond donors (Lipinski definition) is 0. The van der Waals surface area contributed by atoms with Crippen LogP contribution in [-0.4, -0.2) is 112 Å². The molecule has 262 valence electrons. The number of hydrogen-bond acceptors (Lipinski definition) is 14. The molecule has 2 aromatic carbocycles. The molecular weight excluding hydrogens is 652 g/mol. The molecule has 0 N–H and O–H groups in total. The second-order valence-corrected chi connectivity index (χ2v) is 14.6. The molecule has 13 nitrogen and oxygen atoms in total. The van der Waals surface area contributed by atoms with Crippen molar-refractivity contribution >= 4 is 23.7 Å². The van der Waals surface area contributed by atoms with Crippen LogP contribution in [0.15, 0.2) is 6.07 Å². The summed E-state index contributed by atoms with van der Waals surface area (Å²) in [7, 11) is 8.99. The molecule has 2 aromatic rings. The van der Waals surface area contributed by atoms with E-state index in [1.165, 1.54) is 6.92 Å². The van der Waals surface area contributed by atoms with Gasteiger partial charge in [-0.1, -0.05) is 6.07 Å². The number of aryl methyl sites for hydroxylation is 1. The number of carbonyl (C=O) groups excluding carboxylic acids is 2. The first kappa shape index (κ1) is 33.7. The highest BCUT2D eigenvalue weighted by molar-refractivity contribution is 7.99. The summed E-state index contributed by atoms with van der Waals surface area (Å²) in [5, 5.41) is 10.6. The smallest absolute Gasteiger partial charge is 0.324 e. The largest absolute Gasteiger partial charge is 0.493 e. The van der Waals surface area contributed by atoms with Crippen molar-refractivity contribution in [3.8, 4) is 34.8 Å². The number of likely N-dealkylation sites (N-methyl/N-ethyl adjacent to an activating group) is 2. The standard InChI is InChI=1S/C35H42N4O9S/c1-16-9-19-10-20-21(11-36)39-22-12-44-35(41)23(37(4)5)13-49-34(26-25(22)33-31(46-15-47-33)17(2)30(26)48-18(3)40)28(39)27(38(20)6)24(19)32(29(16)43-8)45-14-42-7/h9,20-23,27-28,34H,10,12-15H2,1-8H3/t20-,21-,22-,23?,27+,28?,34+/m0/s1. The van der Waals surface area contributed by atoms with Crippen molar-refractivity contribution in [2.45, 2.75) is 68.7 Å². The minimum absolute atomic E-state index is 0.00896. The van der Waals surface area contributed by atoms with E-state index in [1.807, 2.05) is 32.8 Å². The lowest BCUT2D eigenvalue weighted by Gasteiger charge is -2.62. The summed E-state index contributed by atoms with van der Waals surface area (Å²) in [6.45, 7) is 5.21. The van der Waals surface area contributed by atoms with Crippen LogP contribution in [0.5, 0.6) is 28.7 Å². The maximum absolute atomic E-state index is 13.6. The third kappa shape index (κ3) is 5.12. The zero-order valence-electron chi connectivity index (χ0n) is 29.0. The van der Waals surface area contributed by atoms with E-state index in [0.717, 1.165) is 27.8 Å². The fraction of sp³-hybridized carbons (Fsp3) is 0.571. The number of carbonyl (C=O) groups is 2. The molecule has 2 fully saturated rings. The second-order valence-electron chi connectivity index (χ2n) is 13.4. The average Bonchev–Trinajstić information content (AvgIpc) is 3.55. The van der Waals surface area contributed by atoms with E-state index in [4.69, 9.17) is 33.2 Å². The molecule has 0 aliphatic carbocycles. The molecule has 2 saturated heterocycles. The van der Waals surface area contributed by atoms with Gasteiger partial charge in [0.05, 0.1) is 30.5 Å². The van der Waals surface area contributed by atoms with E-state index < -0.39 is 29.3 Å². The van der Waals surface area contributed by atoms with Gasteiger partial charge in [-0.15, -0.1) is 11.8 Å². The van der Waals surface area contributed by atoms with Crippen molar-refractivity contribution in [3.05, 3.63) is 39.4 Å². The van der Waals surface area contributed by atoms with Crippen molar-refractivity contribution in [3.63, 3.8) is 0 Å². The van der Waals surface area contributed by atoms with E-state index in [-0.39, 0.29) is 44.3 Å². The molecule has 0 saturated carbocycles. The summed E-state index contributed by atoms with van der Waals surface area (Å²) in [6.07, 6.45) is 0.585. The number of benzene rings is 2. The van der Waals surface area contributed by atoms with Crippen LogP contribution in [-0.2, 0) is 25.5 Å². The summed E-state index contributed by atoms with van der Waals surface area (Å²) in [4.78, 5) is 32.7. The quantitative estimate of drug-likeness (QED) is 0.248. The summed E-state index contributed by atoms with van der Waals surface area (Å²) in [5.74, 6) is 2.22. The molecule has 5 heterocycles. The number of piperazine rings is 1.